The number of ether oxygens (including phenoxy) is 3. The normalized spacial score (nSPS) is 10.2. The van der Waals surface area contributed by atoms with E-state index in [4.69, 9.17) is 19.9 Å². The van der Waals surface area contributed by atoms with E-state index in [9.17, 15) is 4.79 Å². The monoisotopic (exact) mass is 296 g/mol. The van der Waals surface area contributed by atoms with Gasteiger partial charge in [-0.05, 0) is 32.0 Å². The second-order valence-electron chi connectivity index (χ2n) is 4.18. The molecule has 0 heterocycles. The summed E-state index contributed by atoms with van der Waals surface area (Å²) in [6.45, 7) is 6.70. The van der Waals surface area contributed by atoms with E-state index in [1.807, 2.05) is 13.8 Å². The molecule has 6 nitrogen and oxygen atoms in total. The van der Waals surface area contributed by atoms with Gasteiger partial charge in [0, 0.05) is 18.7 Å². The van der Waals surface area contributed by atoms with Crippen molar-refractivity contribution in [2.45, 2.75) is 13.8 Å². The Bertz CT molecular complexity index is 438. The van der Waals surface area contributed by atoms with Crippen molar-refractivity contribution in [2.75, 3.05) is 39.5 Å². The minimum atomic E-state index is -0.171. The molecule has 0 aliphatic rings. The Balaban J connectivity index is 2.60. The van der Waals surface area contributed by atoms with Gasteiger partial charge in [-0.25, -0.2) is 0 Å². The van der Waals surface area contributed by atoms with Crippen LogP contribution in [0.3, 0.4) is 0 Å². The van der Waals surface area contributed by atoms with Gasteiger partial charge in [0.25, 0.3) is 5.91 Å². The van der Waals surface area contributed by atoms with Crippen LogP contribution in [0.1, 0.15) is 24.2 Å². The predicted molar refractivity (Wildman–Crippen MR) is 81.0 cm³/mol. The van der Waals surface area contributed by atoms with E-state index < -0.39 is 0 Å². The minimum Gasteiger partial charge on any atom is -0.490 e. The largest absolute Gasteiger partial charge is 0.490 e. The van der Waals surface area contributed by atoms with Crippen molar-refractivity contribution >= 4 is 5.91 Å². The maximum Gasteiger partial charge on any atom is 0.251 e. The maximum atomic E-state index is 12.0. The predicted octanol–water partition coefficient (Wildman–Crippen LogP) is 1.19. The van der Waals surface area contributed by atoms with Gasteiger partial charge >= 0.3 is 0 Å². The lowest BCUT2D eigenvalue weighted by Gasteiger charge is -2.12. The molecule has 0 aliphatic heterocycles. The fourth-order valence-corrected chi connectivity index (χ4v) is 1.72. The SMILES string of the molecule is CCOc1ccc(C(=O)NCCOCCN)cc1OCC. The highest BCUT2D eigenvalue weighted by Crippen LogP contribution is 2.28. The van der Waals surface area contributed by atoms with E-state index in [-0.39, 0.29) is 5.91 Å². The van der Waals surface area contributed by atoms with Crippen LogP contribution in [0.2, 0.25) is 0 Å². The number of rotatable bonds is 10. The van der Waals surface area contributed by atoms with Gasteiger partial charge in [-0.15, -0.1) is 0 Å². The van der Waals surface area contributed by atoms with Crippen LogP contribution in [0.25, 0.3) is 0 Å². The molecule has 0 aromatic heterocycles. The summed E-state index contributed by atoms with van der Waals surface area (Å²) in [4.78, 5) is 12.0. The summed E-state index contributed by atoms with van der Waals surface area (Å²) in [7, 11) is 0. The second-order valence-corrected chi connectivity index (χ2v) is 4.18. The topological polar surface area (TPSA) is 82.8 Å². The standard InChI is InChI=1S/C15H24N2O4/c1-3-20-13-6-5-12(11-14(13)21-4-2)15(18)17-8-10-19-9-7-16/h5-6,11H,3-4,7-10,16H2,1-2H3,(H,17,18). The Labute approximate surface area is 125 Å². The van der Waals surface area contributed by atoms with Crippen molar-refractivity contribution in [3.05, 3.63) is 23.8 Å². The van der Waals surface area contributed by atoms with Crippen LogP contribution < -0.4 is 20.5 Å². The van der Waals surface area contributed by atoms with Gasteiger partial charge in [0.15, 0.2) is 11.5 Å². The molecule has 0 atom stereocenters. The summed E-state index contributed by atoms with van der Waals surface area (Å²) in [5, 5.41) is 2.78. The molecule has 0 spiro atoms. The third kappa shape index (κ3) is 6.01. The molecule has 0 fully saturated rings. The van der Waals surface area contributed by atoms with Crippen molar-refractivity contribution in [2.24, 2.45) is 5.73 Å². The zero-order valence-electron chi connectivity index (χ0n) is 12.7. The molecule has 0 radical (unpaired) electrons. The second kappa shape index (κ2) is 10.0. The molecule has 6 heteroatoms. The molecule has 1 aromatic carbocycles. The quantitative estimate of drug-likeness (QED) is 0.634. The molecule has 3 N–H and O–H groups in total. The van der Waals surface area contributed by atoms with Crippen molar-refractivity contribution < 1.29 is 19.0 Å². The summed E-state index contributed by atoms with van der Waals surface area (Å²) >= 11 is 0. The maximum absolute atomic E-state index is 12.0. The van der Waals surface area contributed by atoms with Gasteiger partial charge in [-0.1, -0.05) is 0 Å². The molecular weight excluding hydrogens is 272 g/mol. The zero-order valence-corrected chi connectivity index (χ0v) is 12.7. The number of amides is 1. The zero-order chi connectivity index (χ0) is 15.5. The molecule has 0 unspecified atom stereocenters. The highest BCUT2D eigenvalue weighted by atomic mass is 16.5. The lowest BCUT2D eigenvalue weighted by molar-refractivity contribution is 0.0919. The number of carbonyl (C=O) groups is 1. The molecule has 1 rings (SSSR count). The van der Waals surface area contributed by atoms with Crippen molar-refractivity contribution in [1.82, 2.24) is 5.32 Å². The first-order valence-corrected chi connectivity index (χ1v) is 7.18. The van der Waals surface area contributed by atoms with E-state index in [2.05, 4.69) is 5.32 Å². The summed E-state index contributed by atoms with van der Waals surface area (Å²) in [6.07, 6.45) is 0. The van der Waals surface area contributed by atoms with Gasteiger partial charge in [0.1, 0.15) is 0 Å². The molecule has 21 heavy (non-hydrogen) atoms. The highest BCUT2D eigenvalue weighted by molar-refractivity contribution is 5.94. The summed E-state index contributed by atoms with van der Waals surface area (Å²) in [5.74, 6) is 1.05. The Morgan fingerprint density at radius 2 is 1.86 bits per heavy atom. The first-order chi connectivity index (χ1) is 10.2. The highest BCUT2D eigenvalue weighted by Gasteiger charge is 2.11. The number of carbonyl (C=O) groups excluding carboxylic acids is 1. The number of nitrogens with two attached hydrogens (primary N) is 1. The molecule has 0 bridgehead atoms. The van der Waals surface area contributed by atoms with Gasteiger partial charge in [-0.3, -0.25) is 4.79 Å². The lowest BCUT2D eigenvalue weighted by atomic mass is 10.2. The van der Waals surface area contributed by atoms with Crippen LogP contribution in [0.15, 0.2) is 18.2 Å². The van der Waals surface area contributed by atoms with E-state index in [1.165, 1.54) is 0 Å². The third-order valence-electron chi connectivity index (χ3n) is 2.60. The third-order valence-corrected chi connectivity index (χ3v) is 2.60. The van der Waals surface area contributed by atoms with Gasteiger partial charge in [0.2, 0.25) is 0 Å². The van der Waals surface area contributed by atoms with Crippen LogP contribution >= 0.6 is 0 Å². The molecule has 0 aliphatic carbocycles. The first kappa shape index (κ1) is 17.3. The molecule has 1 amide bonds. The van der Waals surface area contributed by atoms with Crippen molar-refractivity contribution in [3.63, 3.8) is 0 Å². The Morgan fingerprint density at radius 1 is 1.14 bits per heavy atom. The van der Waals surface area contributed by atoms with Crippen molar-refractivity contribution in [3.8, 4) is 11.5 Å². The van der Waals surface area contributed by atoms with E-state index in [1.54, 1.807) is 18.2 Å². The summed E-state index contributed by atoms with van der Waals surface area (Å²) < 4.78 is 16.2. The minimum absolute atomic E-state index is 0.171. The molecule has 1 aromatic rings. The van der Waals surface area contributed by atoms with Crippen LogP contribution in [0, 0.1) is 0 Å². The Kier molecular flexibility index (Phi) is 8.23. The Morgan fingerprint density at radius 3 is 2.52 bits per heavy atom. The fourth-order valence-electron chi connectivity index (χ4n) is 1.72. The number of hydrogen-bond acceptors (Lipinski definition) is 5. The van der Waals surface area contributed by atoms with Gasteiger partial charge in [-0.2, -0.15) is 0 Å². The number of benzene rings is 1. The number of nitrogens with one attached hydrogen (secondary N) is 1. The molecule has 0 saturated heterocycles. The summed E-state index contributed by atoms with van der Waals surface area (Å²) in [5.41, 5.74) is 5.84. The average molecular weight is 296 g/mol. The molecule has 0 saturated carbocycles. The summed E-state index contributed by atoms with van der Waals surface area (Å²) in [6, 6.07) is 5.14. The van der Waals surface area contributed by atoms with Gasteiger partial charge < -0.3 is 25.3 Å². The lowest BCUT2D eigenvalue weighted by Crippen LogP contribution is -2.27. The van der Waals surface area contributed by atoms with E-state index in [0.717, 1.165) is 0 Å². The van der Waals surface area contributed by atoms with E-state index >= 15 is 0 Å². The van der Waals surface area contributed by atoms with Crippen molar-refractivity contribution in [1.29, 1.82) is 0 Å². The smallest absolute Gasteiger partial charge is 0.251 e. The number of hydrogen-bond donors (Lipinski definition) is 2. The van der Waals surface area contributed by atoms with Crippen LogP contribution in [-0.2, 0) is 4.74 Å². The molecular formula is C15H24N2O4. The fraction of sp³-hybridized carbons (Fsp3) is 0.533. The van der Waals surface area contributed by atoms with Gasteiger partial charge in [0.05, 0.1) is 26.4 Å². The van der Waals surface area contributed by atoms with Crippen LogP contribution in [-0.4, -0.2) is 45.4 Å². The van der Waals surface area contributed by atoms with E-state index in [0.29, 0.717) is 56.6 Å². The first-order valence-electron chi connectivity index (χ1n) is 7.18. The van der Waals surface area contributed by atoms with Crippen LogP contribution in [0.4, 0.5) is 0 Å². The molecule has 118 valence electrons. The average Bonchev–Trinajstić information content (AvgIpc) is 2.49. The Hall–Kier alpha value is -1.79. The van der Waals surface area contributed by atoms with Crippen LogP contribution in [0.5, 0.6) is 11.5 Å².